The van der Waals surface area contributed by atoms with Crippen LogP contribution in [-0.4, -0.2) is 16.0 Å². The summed E-state index contributed by atoms with van der Waals surface area (Å²) in [5.74, 6) is -0.215. The Labute approximate surface area is 118 Å². The van der Waals surface area contributed by atoms with Crippen LogP contribution < -0.4 is 10.6 Å². The van der Waals surface area contributed by atoms with E-state index in [1.54, 1.807) is 0 Å². The molecule has 0 spiro atoms. The minimum Gasteiger partial charge on any atom is -0.308 e. The van der Waals surface area contributed by atoms with Gasteiger partial charge in [0.15, 0.2) is 10.2 Å². The largest absolute Gasteiger partial charge is 0.308 e. The zero-order chi connectivity index (χ0) is 13.3. The number of aromatic nitrogens is 1. The molecule has 1 amide bonds. The lowest BCUT2D eigenvalue weighted by Crippen LogP contribution is -2.32. The van der Waals surface area contributed by atoms with Gasteiger partial charge >= 0.3 is 0 Å². The molecule has 0 saturated heterocycles. The van der Waals surface area contributed by atoms with E-state index < -0.39 is 0 Å². The number of carbonyl (C=O) groups excluding carboxylic acids is 1. The summed E-state index contributed by atoms with van der Waals surface area (Å²) in [5.41, 5.74) is 1.81. The van der Waals surface area contributed by atoms with E-state index in [1.165, 1.54) is 18.3 Å². The van der Waals surface area contributed by atoms with Gasteiger partial charge in [-0.05, 0) is 36.8 Å². The molecule has 0 unspecified atom stereocenters. The second kappa shape index (κ2) is 5.17. The molecule has 0 aliphatic heterocycles. The number of nitrogens with one attached hydrogen (secondary N) is 2. The first-order chi connectivity index (χ1) is 8.45. The highest BCUT2D eigenvalue weighted by Gasteiger charge is 2.08. The molecule has 7 heteroatoms. The van der Waals surface area contributed by atoms with Crippen LogP contribution in [0.5, 0.6) is 0 Å². The summed E-state index contributed by atoms with van der Waals surface area (Å²) < 4.78 is 1.02. The molecule has 0 bridgehead atoms. The van der Waals surface area contributed by atoms with Gasteiger partial charge in [0.05, 0.1) is 10.2 Å². The van der Waals surface area contributed by atoms with Crippen LogP contribution in [0.15, 0.2) is 12.1 Å². The number of hydrogen-bond donors (Lipinski definition) is 2. The summed E-state index contributed by atoms with van der Waals surface area (Å²) in [6, 6.07) is 3.79. The molecule has 0 radical (unpaired) electrons. The summed E-state index contributed by atoms with van der Waals surface area (Å²) in [6.07, 6.45) is 0. The SMILES string of the molecule is CC(=O)NC(=S)Nc1nc2cc(Cl)c(C)cc2s1. The van der Waals surface area contributed by atoms with Crippen LogP contribution in [0.2, 0.25) is 5.02 Å². The first-order valence-electron chi connectivity index (χ1n) is 5.11. The molecule has 1 aromatic carbocycles. The summed E-state index contributed by atoms with van der Waals surface area (Å²) in [5, 5.41) is 6.90. The van der Waals surface area contributed by atoms with Gasteiger partial charge in [-0.3, -0.25) is 4.79 Å². The Morgan fingerprint density at radius 3 is 2.89 bits per heavy atom. The van der Waals surface area contributed by atoms with Crippen LogP contribution in [0.25, 0.3) is 10.2 Å². The fourth-order valence-electron chi connectivity index (χ4n) is 1.39. The number of fused-ring (bicyclic) bond motifs is 1. The summed E-state index contributed by atoms with van der Waals surface area (Å²) in [6.45, 7) is 3.34. The van der Waals surface area contributed by atoms with Crippen LogP contribution in [-0.2, 0) is 4.79 Å². The first kappa shape index (κ1) is 13.2. The highest BCUT2D eigenvalue weighted by atomic mass is 35.5. The zero-order valence-corrected chi connectivity index (χ0v) is 12.1. The molecule has 2 N–H and O–H groups in total. The van der Waals surface area contributed by atoms with Gasteiger partial charge in [0.1, 0.15) is 0 Å². The standard InChI is InChI=1S/C11H10ClN3OS2/c1-5-3-9-8(4-7(5)12)14-11(18-9)15-10(17)13-6(2)16/h3-4H,1-2H3,(H2,13,14,15,16,17). The van der Waals surface area contributed by atoms with Crippen molar-refractivity contribution < 1.29 is 4.79 Å². The number of carbonyl (C=O) groups is 1. The van der Waals surface area contributed by atoms with Gasteiger partial charge in [-0.2, -0.15) is 0 Å². The lowest BCUT2D eigenvalue weighted by Gasteiger charge is -2.03. The van der Waals surface area contributed by atoms with E-state index in [0.717, 1.165) is 15.8 Å². The average molecular weight is 300 g/mol. The van der Waals surface area contributed by atoms with Crippen molar-refractivity contribution in [1.29, 1.82) is 0 Å². The number of benzene rings is 1. The molecule has 1 heterocycles. The molecular weight excluding hydrogens is 290 g/mol. The van der Waals surface area contributed by atoms with Gasteiger partial charge < -0.3 is 10.6 Å². The van der Waals surface area contributed by atoms with Crippen molar-refractivity contribution >= 4 is 61.5 Å². The minimum absolute atomic E-state index is 0.215. The van der Waals surface area contributed by atoms with Crippen molar-refractivity contribution in [2.75, 3.05) is 5.32 Å². The maximum Gasteiger partial charge on any atom is 0.222 e. The lowest BCUT2D eigenvalue weighted by molar-refractivity contribution is -0.117. The predicted octanol–water partition coefficient (Wildman–Crippen LogP) is 3.09. The quantitative estimate of drug-likeness (QED) is 0.795. The molecule has 0 fully saturated rings. The van der Waals surface area contributed by atoms with Crippen LogP contribution in [0.1, 0.15) is 12.5 Å². The van der Waals surface area contributed by atoms with Crippen molar-refractivity contribution in [1.82, 2.24) is 10.3 Å². The van der Waals surface area contributed by atoms with Gasteiger partial charge in [0.2, 0.25) is 5.91 Å². The van der Waals surface area contributed by atoms with Crippen LogP contribution >= 0.6 is 35.2 Å². The fraction of sp³-hybridized carbons (Fsp3) is 0.182. The van der Waals surface area contributed by atoms with Gasteiger partial charge in [0, 0.05) is 11.9 Å². The van der Waals surface area contributed by atoms with Crippen LogP contribution in [0.3, 0.4) is 0 Å². The number of aryl methyl sites for hydroxylation is 1. The highest BCUT2D eigenvalue weighted by Crippen LogP contribution is 2.30. The first-order valence-corrected chi connectivity index (χ1v) is 6.71. The van der Waals surface area contributed by atoms with E-state index in [4.69, 9.17) is 23.8 Å². The maximum absolute atomic E-state index is 10.8. The van der Waals surface area contributed by atoms with Crippen molar-refractivity contribution in [3.63, 3.8) is 0 Å². The highest BCUT2D eigenvalue weighted by molar-refractivity contribution is 7.80. The van der Waals surface area contributed by atoms with E-state index in [9.17, 15) is 4.79 Å². The Balaban J connectivity index is 2.25. The van der Waals surface area contributed by atoms with E-state index in [-0.39, 0.29) is 11.0 Å². The normalized spacial score (nSPS) is 10.4. The number of amides is 1. The number of thiazole rings is 1. The molecule has 18 heavy (non-hydrogen) atoms. The second-order valence-corrected chi connectivity index (χ2v) is 5.57. The molecule has 1 aromatic heterocycles. The summed E-state index contributed by atoms with van der Waals surface area (Å²) in [4.78, 5) is 15.2. The Bertz CT molecular complexity index is 599. The van der Waals surface area contributed by atoms with Crippen molar-refractivity contribution in [2.45, 2.75) is 13.8 Å². The molecule has 0 aliphatic rings. The summed E-state index contributed by atoms with van der Waals surface area (Å²) >= 11 is 12.5. The molecule has 2 rings (SSSR count). The number of thiocarbonyl (C=S) groups is 1. The molecule has 0 atom stereocenters. The monoisotopic (exact) mass is 299 g/mol. The van der Waals surface area contributed by atoms with E-state index in [2.05, 4.69) is 15.6 Å². The number of rotatable bonds is 1. The van der Waals surface area contributed by atoms with Crippen LogP contribution in [0, 0.1) is 6.92 Å². The van der Waals surface area contributed by atoms with E-state index in [0.29, 0.717) is 10.2 Å². The topological polar surface area (TPSA) is 54.0 Å². The van der Waals surface area contributed by atoms with Gasteiger partial charge in [0.25, 0.3) is 0 Å². The molecule has 0 saturated carbocycles. The third-order valence-corrected chi connectivity index (χ3v) is 3.72. The maximum atomic E-state index is 10.8. The van der Waals surface area contributed by atoms with Crippen molar-refractivity contribution in [2.24, 2.45) is 0 Å². The van der Waals surface area contributed by atoms with E-state index in [1.807, 2.05) is 19.1 Å². The predicted molar refractivity (Wildman–Crippen MR) is 79.4 cm³/mol. The molecular formula is C11H10ClN3OS2. The molecule has 0 aliphatic carbocycles. The summed E-state index contributed by atoms with van der Waals surface area (Å²) in [7, 11) is 0. The Morgan fingerprint density at radius 1 is 1.50 bits per heavy atom. The van der Waals surface area contributed by atoms with Crippen molar-refractivity contribution in [3.05, 3.63) is 22.7 Å². The van der Waals surface area contributed by atoms with Gasteiger partial charge in [-0.15, -0.1) is 0 Å². The number of nitrogens with zero attached hydrogens (tertiary/aromatic N) is 1. The van der Waals surface area contributed by atoms with Gasteiger partial charge in [-0.25, -0.2) is 4.98 Å². The minimum atomic E-state index is -0.215. The van der Waals surface area contributed by atoms with Crippen molar-refractivity contribution in [3.8, 4) is 0 Å². The van der Waals surface area contributed by atoms with Gasteiger partial charge in [-0.1, -0.05) is 22.9 Å². The third-order valence-electron chi connectivity index (χ3n) is 2.18. The Hall–Kier alpha value is -1.24. The molecule has 4 nitrogen and oxygen atoms in total. The lowest BCUT2D eigenvalue weighted by atomic mass is 10.2. The van der Waals surface area contributed by atoms with E-state index >= 15 is 0 Å². The zero-order valence-electron chi connectivity index (χ0n) is 9.70. The smallest absolute Gasteiger partial charge is 0.222 e. The molecule has 2 aromatic rings. The number of halogens is 1. The second-order valence-electron chi connectivity index (χ2n) is 3.72. The third kappa shape index (κ3) is 2.95. The Kier molecular flexibility index (Phi) is 3.79. The Morgan fingerprint density at radius 2 is 2.22 bits per heavy atom. The number of anilines is 1. The fourth-order valence-corrected chi connectivity index (χ4v) is 2.80. The molecule has 94 valence electrons. The number of hydrogen-bond acceptors (Lipinski definition) is 4. The average Bonchev–Trinajstić information content (AvgIpc) is 2.58. The van der Waals surface area contributed by atoms with Crippen LogP contribution in [0.4, 0.5) is 5.13 Å².